The molecule has 2 aromatic rings. The van der Waals surface area contributed by atoms with Crippen LogP contribution < -0.4 is 5.32 Å². The Bertz CT molecular complexity index is 832. The molecule has 0 bridgehead atoms. The molecule has 1 N–H and O–H groups in total. The molecule has 0 spiro atoms. The summed E-state index contributed by atoms with van der Waals surface area (Å²) in [6.07, 6.45) is 0. The molecule has 0 aromatic heterocycles. The van der Waals surface area contributed by atoms with Crippen LogP contribution in [-0.2, 0) is 16.1 Å². The normalized spacial score (nSPS) is 15.7. The molecule has 0 fully saturated rings. The Labute approximate surface area is 156 Å². The molecule has 128 valence electrons. The Kier molecular flexibility index (Phi) is 5.11. The van der Waals surface area contributed by atoms with E-state index >= 15 is 0 Å². The van der Waals surface area contributed by atoms with Gasteiger partial charge in [0.05, 0.1) is 6.54 Å². The Morgan fingerprint density at radius 3 is 2.24 bits per heavy atom. The third kappa shape index (κ3) is 3.70. The van der Waals surface area contributed by atoms with Gasteiger partial charge in [0.25, 0.3) is 11.8 Å². The quantitative estimate of drug-likeness (QED) is 0.804. The number of imide groups is 1. The van der Waals surface area contributed by atoms with Crippen LogP contribution in [0.3, 0.4) is 0 Å². The van der Waals surface area contributed by atoms with Crippen LogP contribution in [0.2, 0.25) is 5.02 Å². The number of nitrogens with one attached hydrogen (secondary N) is 1. The van der Waals surface area contributed by atoms with Gasteiger partial charge in [-0.05, 0) is 30.2 Å². The zero-order valence-electron chi connectivity index (χ0n) is 13.5. The molecule has 0 saturated heterocycles. The highest BCUT2D eigenvalue weighted by Crippen LogP contribution is 2.26. The van der Waals surface area contributed by atoms with Crippen molar-refractivity contribution >= 4 is 35.0 Å². The van der Waals surface area contributed by atoms with E-state index in [9.17, 15) is 9.59 Å². The van der Waals surface area contributed by atoms with Crippen molar-refractivity contribution < 1.29 is 9.59 Å². The first-order valence-electron chi connectivity index (χ1n) is 7.79. The van der Waals surface area contributed by atoms with E-state index in [1.54, 1.807) is 24.3 Å². The number of carbonyl (C=O) groups excluding carboxylic acids is 2. The minimum atomic E-state index is -0.496. The molecule has 1 aliphatic heterocycles. The number of carbonyl (C=O) groups is 2. The van der Waals surface area contributed by atoms with E-state index in [0.29, 0.717) is 5.02 Å². The summed E-state index contributed by atoms with van der Waals surface area (Å²) < 4.78 is 0. The maximum Gasteiger partial charge on any atom is 0.278 e. The molecule has 6 heteroatoms. The van der Waals surface area contributed by atoms with Crippen LogP contribution in [0.15, 0.2) is 65.3 Å². The van der Waals surface area contributed by atoms with E-state index in [4.69, 9.17) is 23.2 Å². The van der Waals surface area contributed by atoms with Gasteiger partial charge in [0.1, 0.15) is 10.7 Å². The number of hydrogen-bond donors (Lipinski definition) is 1. The summed E-state index contributed by atoms with van der Waals surface area (Å²) in [6, 6.07) is 16.5. The first-order chi connectivity index (χ1) is 12.0. The number of benzene rings is 2. The minimum absolute atomic E-state index is 0.0817. The SMILES string of the molecule is CC(NC1=C(Cl)C(=O)N(Cc2ccc(Cl)cc2)C1=O)c1ccccc1. The summed E-state index contributed by atoms with van der Waals surface area (Å²) in [5.74, 6) is -0.919. The lowest BCUT2D eigenvalue weighted by Gasteiger charge is -2.18. The molecule has 0 saturated carbocycles. The zero-order valence-corrected chi connectivity index (χ0v) is 15.0. The van der Waals surface area contributed by atoms with Gasteiger partial charge in [0.2, 0.25) is 0 Å². The monoisotopic (exact) mass is 374 g/mol. The number of halogens is 2. The summed E-state index contributed by atoms with van der Waals surface area (Å²) in [5, 5.41) is 3.58. The molecule has 0 aliphatic carbocycles. The highest BCUT2D eigenvalue weighted by Gasteiger charge is 2.38. The van der Waals surface area contributed by atoms with Gasteiger partial charge >= 0.3 is 0 Å². The van der Waals surface area contributed by atoms with Crippen molar-refractivity contribution in [2.75, 3.05) is 0 Å². The highest BCUT2D eigenvalue weighted by atomic mass is 35.5. The van der Waals surface area contributed by atoms with Crippen LogP contribution in [0.1, 0.15) is 24.1 Å². The van der Waals surface area contributed by atoms with Gasteiger partial charge in [0.15, 0.2) is 0 Å². The van der Waals surface area contributed by atoms with Crippen LogP contribution in [-0.4, -0.2) is 16.7 Å². The molecular formula is C19H16Cl2N2O2. The molecule has 0 radical (unpaired) electrons. The van der Waals surface area contributed by atoms with Crippen molar-refractivity contribution in [2.24, 2.45) is 0 Å². The first kappa shape index (κ1) is 17.5. The van der Waals surface area contributed by atoms with Crippen LogP contribution >= 0.6 is 23.2 Å². The topological polar surface area (TPSA) is 49.4 Å². The fourth-order valence-corrected chi connectivity index (χ4v) is 2.99. The Morgan fingerprint density at radius 2 is 1.60 bits per heavy atom. The van der Waals surface area contributed by atoms with Crippen molar-refractivity contribution in [2.45, 2.75) is 19.5 Å². The highest BCUT2D eigenvalue weighted by molar-refractivity contribution is 6.47. The standard InChI is InChI=1S/C19H16Cl2N2O2/c1-12(14-5-3-2-4-6-14)22-17-16(21)18(24)23(19(17)25)11-13-7-9-15(20)10-8-13/h2-10,12,22H,11H2,1H3. The second-order valence-corrected chi connectivity index (χ2v) is 6.60. The number of hydrogen-bond acceptors (Lipinski definition) is 3. The zero-order chi connectivity index (χ0) is 18.0. The van der Waals surface area contributed by atoms with Gasteiger partial charge in [-0.2, -0.15) is 0 Å². The Morgan fingerprint density at radius 1 is 0.960 bits per heavy atom. The Balaban J connectivity index is 1.76. The fourth-order valence-electron chi connectivity index (χ4n) is 2.63. The van der Waals surface area contributed by atoms with Crippen molar-refractivity contribution in [3.05, 3.63) is 81.5 Å². The average molecular weight is 375 g/mol. The Hall–Kier alpha value is -2.30. The first-order valence-corrected chi connectivity index (χ1v) is 8.55. The molecule has 1 heterocycles. The lowest BCUT2D eigenvalue weighted by Crippen LogP contribution is -2.33. The molecule has 2 amide bonds. The minimum Gasteiger partial charge on any atom is -0.373 e. The van der Waals surface area contributed by atoms with Crippen LogP contribution in [0.5, 0.6) is 0 Å². The largest absolute Gasteiger partial charge is 0.373 e. The van der Waals surface area contributed by atoms with Crippen LogP contribution in [0, 0.1) is 0 Å². The molecular weight excluding hydrogens is 359 g/mol. The van der Waals surface area contributed by atoms with Crippen molar-refractivity contribution in [1.29, 1.82) is 0 Å². The fraction of sp³-hybridized carbons (Fsp3) is 0.158. The predicted molar refractivity (Wildman–Crippen MR) is 97.9 cm³/mol. The van der Waals surface area contributed by atoms with Crippen molar-refractivity contribution in [1.82, 2.24) is 10.2 Å². The summed E-state index contributed by atoms with van der Waals surface area (Å²) in [7, 11) is 0. The second-order valence-electron chi connectivity index (χ2n) is 5.79. The van der Waals surface area contributed by atoms with Crippen LogP contribution in [0.4, 0.5) is 0 Å². The van der Waals surface area contributed by atoms with E-state index in [1.807, 2.05) is 37.3 Å². The van der Waals surface area contributed by atoms with E-state index in [0.717, 1.165) is 16.0 Å². The summed E-state index contributed by atoms with van der Waals surface area (Å²) in [4.78, 5) is 26.1. The number of rotatable bonds is 5. The van der Waals surface area contributed by atoms with Crippen molar-refractivity contribution in [3.8, 4) is 0 Å². The molecule has 1 aliphatic rings. The third-order valence-corrected chi connectivity index (χ3v) is 4.63. The van der Waals surface area contributed by atoms with E-state index in [2.05, 4.69) is 5.32 Å². The predicted octanol–water partition coefficient (Wildman–Crippen LogP) is 4.01. The van der Waals surface area contributed by atoms with Gasteiger partial charge in [-0.1, -0.05) is 65.7 Å². The van der Waals surface area contributed by atoms with Crippen molar-refractivity contribution in [3.63, 3.8) is 0 Å². The summed E-state index contributed by atoms with van der Waals surface area (Å²) >= 11 is 12.0. The summed E-state index contributed by atoms with van der Waals surface area (Å²) in [5.41, 5.74) is 1.93. The van der Waals surface area contributed by atoms with Gasteiger partial charge in [0, 0.05) is 11.1 Å². The van der Waals surface area contributed by atoms with E-state index < -0.39 is 11.8 Å². The molecule has 25 heavy (non-hydrogen) atoms. The maximum absolute atomic E-state index is 12.6. The summed E-state index contributed by atoms with van der Waals surface area (Å²) in [6.45, 7) is 2.06. The molecule has 3 rings (SSSR count). The molecule has 2 aromatic carbocycles. The lowest BCUT2D eigenvalue weighted by molar-refractivity contribution is -0.138. The van der Waals surface area contributed by atoms with Gasteiger partial charge in [-0.15, -0.1) is 0 Å². The number of amides is 2. The van der Waals surface area contributed by atoms with Gasteiger partial charge in [-0.25, -0.2) is 0 Å². The third-order valence-electron chi connectivity index (χ3n) is 4.03. The molecule has 1 unspecified atom stereocenters. The van der Waals surface area contributed by atoms with E-state index in [-0.39, 0.29) is 23.3 Å². The number of nitrogens with zero attached hydrogens (tertiary/aromatic N) is 1. The maximum atomic E-state index is 12.6. The molecule has 1 atom stereocenters. The smallest absolute Gasteiger partial charge is 0.278 e. The average Bonchev–Trinajstić information content (AvgIpc) is 2.82. The van der Waals surface area contributed by atoms with Gasteiger partial charge < -0.3 is 5.32 Å². The van der Waals surface area contributed by atoms with Gasteiger partial charge in [-0.3, -0.25) is 14.5 Å². The van der Waals surface area contributed by atoms with Crippen LogP contribution in [0.25, 0.3) is 0 Å². The lowest BCUT2D eigenvalue weighted by atomic mass is 10.1. The molecule has 4 nitrogen and oxygen atoms in total. The second kappa shape index (κ2) is 7.30. The van der Waals surface area contributed by atoms with E-state index in [1.165, 1.54) is 0 Å².